The lowest BCUT2D eigenvalue weighted by atomic mass is 10.3. The smallest absolute Gasteiger partial charge is 0.482 e. The number of carbonyl (C=O) groups is 1. The minimum Gasteiger partial charge on any atom is -0.482 e. The van der Waals surface area contributed by atoms with E-state index in [0.717, 1.165) is 28.6 Å². The van der Waals surface area contributed by atoms with Gasteiger partial charge in [0.25, 0.3) is 0 Å². The van der Waals surface area contributed by atoms with Gasteiger partial charge in [0.1, 0.15) is 12.4 Å². The van der Waals surface area contributed by atoms with Crippen molar-refractivity contribution in [3.8, 4) is 11.5 Å². The van der Waals surface area contributed by atoms with Gasteiger partial charge in [0.2, 0.25) is 11.1 Å². The molecule has 0 aliphatic carbocycles. The molecule has 0 aliphatic rings. The van der Waals surface area contributed by atoms with Crippen LogP contribution >= 0.6 is 11.8 Å². The fourth-order valence-electron chi connectivity index (χ4n) is 2.28. The Kier molecular flexibility index (Phi) is 6.84. The zero-order chi connectivity index (χ0) is 22.4. The summed E-state index contributed by atoms with van der Waals surface area (Å²) in [5.41, 5.74) is 0.285. The van der Waals surface area contributed by atoms with Crippen molar-refractivity contribution in [3.63, 3.8) is 0 Å². The van der Waals surface area contributed by atoms with Crippen LogP contribution in [0.2, 0.25) is 0 Å². The molecule has 0 bridgehead atoms. The first-order valence-electron chi connectivity index (χ1n) is 8.56. The molecule has 0 radical (unpaired) electrons. The second-order valence-electron chi connectivity index (χ2n) is 5.90. The minimum absolute atomic E-state index is 0.0331. The Balaban J connectivity index is 1.50. The Hall–Kier alpha value is -3.48. The van der Waals surface area contributed by atoms with Crippen molar-refractivity contribution in [3.05, 3.63) is 60.2 Å². The highest BCUT2D eigenvalue weighted by molar-refractivity contribution is 7.99. The third kappa shape index (κ3) is 6.50. The quantitative estimate of drug-likeness (QED) is 0.304. The molecule has 3 N–H and O–H groups in total. The molecule has 13 heteroatoms. The van der Waals surface area contributed by atoms with Gasteiger partial charge >= 0.3 is 6.36 Å². The van der Waals surface area contributed by atoms with Gasteiger partial charge in [0, 0.05) is 5.69 Å². The number of rotatable bonds is 8. The second kappa shape index (κ2) is 9.55. The highest BCUT2D eigenvalue weighted by atomic mass is 32.2. The van der Waals surface area contributed by atoms with E-state index in [1.54, 1.807) is 6.07 Å². The van der Waals surface area contributed by atoms with Crippen molar-refractivity contribution < 1.29 is 31.8 Å². The topological polar surface area (TPSA) is 104 Å². The van der Waals surface area contributed by atoms with Crippen molar-refractivity contribution >= 4 is 23.4 Å². The van der Waals surface area contributed by atoms with E-state index in [4.69, 9.17) is 10.6 Å². The largest absolute Gasteiger partial charge is 0.573 e. The number of carbonyl (C=O) groups excluding carboxylic acids is 1. The maximum Gasteiger partial charge on any atom is 0.573 e. The number of anilines is 1. The predicted octanol–water partition coefficient (Wildman–Crippen LogP) is 3.34. The van der Waals surface area contributed by atoms with Crippen LogP contribution in [0.25, 0.3) is 0 Å². The molecule has 0 spiro atoms. The van der Waals surface area contributed by atoms with Gasteiger partial charge in [-0.15, -0.1) is 23.4 Å². The molecule has 0 unspecified atom stereocenters. The standard InChI is InChI=1S/C18H15F4N5O3S/c19-13-3-1-2-4-14(13)29-9-15-25-26-17(27(15)23)31-10-16(28)24-11-5-7-12(8-6-11)30-18(20,21)22/h1-8H,9-10,23H2,(H,24,28). The number of ether oxygens (including phenoxy) is 2. The highest BCUT2D eigenvalue weighted by Crippen LogP contribution is 2.24. The van der Waals surface area contributed by atoms with Crippen LogP contribution in [0.3, 0.4) is 0 Å². The van der Waals surface area contributed by atoms with Crippen molar-refractivity contribution in [1.29, 1.82) is 0 Å². The number of hydrogen-bond acceptors (Lipinski definition) is 7. The Bertz CT molecular complexity index is 1040. The summed E-state index contributed by atoms with van der Waals surface area (Å²) in [4.78, 5) is 12.1. The fourth-order valence-corrected chi connectivity index (χ4v) is 2.95. The average molecular weight is 457 g/mol. The summed E-state index contributed by atoms with van der Waals surface area (Å²) in [5.74, 6) is 4.65. The second-order valence-corrected chi connectivity index (χ2v) is 6.84. The number of para-hydroxylation sites is 1. The molecule has 164 valence electrons. The fraction of sp³-hybridized carbons (Fsp3) is 0.167. The van der Waals surface area contributed by atoms with E-state index in [1.807, 2.05) is 0 Å². The summed E-state index contributed by atoms with van der Waals surface area (Å²) < 4.78 is 60.2. The zero-order valence-electron chi connectivity index (χ0n) is 15.6. The summed E-state index contributed by atoms with van der Waals surface area (Å²) >= 11 is 0.980. The SMILES string of the molecule is Nn1c(COc2ccccc2F)nnc1SCC(=O)Nc1ccc(OC(F)(F)F)cc1. The Morgan fingerprint density at radius 3 is 2.52 bits per heavy atom. The molecule has 3 aromatic rings. The lowest BCUT2D eigenvalue weighted by Crippen LogP contribution is -2.18. The summed E-state index contributed by atoms with van der Waals surface area (Å²) in [6, 6.07) is 10.5. The molecular formula is C18H15F4N5O3S. The number of aromatic nitrogens is 3. The molecule has 1 heterocycles. The van der Waals surface area contributed by atoms with E-state index >= 15 is 0 Å². The minimum atomic E-state index is -4.79. The summed E-state index contributed by atoms with van der Waals surface area (Å²) in [6.45, 7) is -0.135. The molecule has 0 fully saturated rings. The van der Waals surface area contributed by atoms with Crippen LogP contribution in [0.5, 0.6) is 11.5 Å². The number of nitrogens with zero attached hydrogens (tertiary/aromatic N) is 3. The van der Waals surface area contributed by atoms with E-state index in [-0.39, 0.29) is 34.8 Å². The maximum atomic E-state index is 13.6. The van der Waals surface area contributed by atoms with Crippen LogP contribution in [0.1, 0.15) is 5.82 Å². The lowest BCUT2D eigenvalue weighted by Gasteiger charge is -2.10. The monoisotopic (exact) mass is 457 g/mol. The average Bonchev–Trinajstić information content (AvgIpc) is 3.06. The van der Waals surface area contributed by atoms with Gasteiger partial charge in [-0.3, -0.25) is 4.79 Å². The van der Waals surface area contributed by atoms with E-state index in [2.05, 4.69) is 20.3 Å². The van der Waals surface area contributed by atoms with Crippen molar-refractivity contribution in [2.45, 2.75) is 18.1 Å². The number of nitrogens with one attached hydrogen (secondary N) is 1. The van der Waals surface area contributed by atoms with Gasteiger partial charge in [-0.2, -0.15) is 0 Å². The molecule has 2 aromatic carbocycles. The van der Waals surface area contributed by atoms with Crippen molar-refractivity contribution in [2.75, 3.05) is 16.9 Å². The number of alkyl halides is 3. The molecular weight excluding hydrogens is 442 g/mol. The van der Waals surface area contributed by atoms with Gasteiger partial charge in [0.05, 0.1) is 5.75 Å². The van der Waals surface area contributed by atoms with Crippen molar-refractivity contribution in [2.24, 2.45) is 0 Å². The first-order valence-corrected chi connectivity index (χ1v) is 9.55. The van der Waals surface area contributed by atoms with E-state index < -0.39 is 23.8 Å². The number of hydrogen-bond donors (Lipinski definition) is 2. The normalized spacial score (nSPS) is 11.2. The highest BCUT2D eigenvalue weighted by Gasteiger charge is 2.31. The summed E-state index contributed by atoms with van der Waals surface area (Å²) in [6.07, 6.45) is -4.79. The number of benzene rings is 2. The maximum absolute atomic E-state index is 13.6. The Morgan fingerprint density at radius 2 is 1.84 bits per heavy atom. The molecule has 0 saturated carbocycles. The number of nitrogens with two attached hydrogens (primary N) is 1. The predicted molar refractivity (Wildman–Crippen MR) is 103 cm³/mol. The van der Waals surface area contributed by atoms with Crippen LogP contribution in [0.15, 0.2) is 53.7 Å². The third-order valence-electron chi connectivity index (χ3n) is 3.63. The van der Waals surface area contributed by atoms with Crippen LogP contribution in [-0.4, -0.2) is 32.9 Å². The Labute approximate surface area is 177 Å². The van der Waals surface area contributed by atoms with E-state index in [1.165, 1.54) is 30.3 Å². The van der Waals surface area contributed by atoms with Crippen molar-refractivity contribution in [1.82, 2.24) is 14.9 Å². The van der Waals surface area contributed by atoms with E-state index in [0.29, 0.717) is 0 Å². The van der Waals surface area contributed by atoms with Crippen LogP contribution in [0, 0.1) is 5.82 Å². The Morgan fingerprint density at radius 1 is 1.13 bits per heavy atom. The summed E-state index contributed by atoms with van der Waals surface area (Å²) in [7, 11) is 0. The zero-order valence-corrected chi connectivity index (χ0v) is 16.4. The molecule has 0 aliphatic heterocycles. The lowest BCUT2D eigenvalue weighted by molar-refractivity contribution is -0.274. The van der Waals surface area contributed by atoms with Gasteiger partial charge < -0.3 is 20.6 Å². The number of halogens is 4. The van der Waals surface area contributed by atoms with Crippen LogP contribution in [-0.2, 0) is 11.4 Å². The molecule has 1 aromatic heterocycles. The van der Waals surface area contributed by atoms with Gasteiger partial charge in [-0.05, 0) is 36.4 Å². The molecule has 3 rings (SSSR count). The van der Waals surface area contributed by atoms with Crippen LogP contribution in [0.4, 0.5) is 23.2 Å². The third-order valence-corrected chi connectivity index (χ3v) is 4.58. The first-order chi connectivity index (χ1) is 14.7. The number of thioether (sulfide) groups is 1. The molecule has 0 saturated heterocycles. The first kappa shape index (κ1) is 22.2. The molecule has 1 amide bonds. The van der Waals surface area contributed by atoms with Gasteiger partial charge in [-0.1, -0.05) is 23.9 Å². The van der Waals surface area contributed by atoms with Crippen LogP contribution < -0.4 is 20.6 Å². The number of nitrogen functional groups attached to an aromatic ring is 1. The molecule has 8 nitrogen and oxygen atoms in total. The van der Waals surface area contributed by atoms with Gasteiger partial charge in [0.15, 0.2) is 17.4 Å². The molecule has 31 heavy (non-hydrogen) atoms. The summed E-state index contributed by atoms with van der Waals surface area (Å²) in [5, 5.41) is 10.4. The van der Waals surface area contributed by atoms with E-state index in [9.17, 15) is 22.4 Å². The van der Waals surface area contributed by atoms with Gasteiger partial charge in [-0.25, -0.2) is 9.07 Å². The molecule has 0 atom stereocenters. The number of amides is 1.